The van der Waals surface area contributed by atoms with E-state index in [2.05, 4.69) is 39.4 Å². The molecule has 0 atom stereocenters. The number of fused-ring (bicyclic) bond motifs is 2. The van der Waals surface area contributed by atoms with Gasteiger partial charge in [0.25, 0.3) is 0 Å². The van der Waals surface area contributed by atoms with E-state index in [1.807, 2.05) is 6.07 Å². The van der Waals surface area contributed by atoms with Crippen molar-refractivity contribution in [1.82, 2.24) is 15.0 Å². The van der Waals surface area contributed by atoms with E-state index in [1.54, 1.807) is 28.9 Å². The van der Waals surface area contributed by atoms with Gasteiger partial charge >= 0.3 is 0 Å². The first-order valence-electron chi connectivity index (χ1n) is 5.60. The van der Waals surface area contributed by atoms with Crippen molar-refractivity contribution in [3.63, 3.8) is 0 Å². The number of nitrogens with one attached hydrogen (secondary N) is 1. The monoisotopic (exact) mass is 271 g/mol. The summed E-state index contributed by atoms with van der Waals surface area (Å²) in [5, 5.41) is 2.12. The Labute approximate surface area is 111 Å². The Morgan fingerprint density at radius 2 is 2.17 bits per heavy atom. The highest BCUT2D eigenvalue weighted by atomic mass is 32.1. The second kappa shape index (κ2) is 3.63. The number of aromatic nitrogens is 3. The standard InChI is InChI=1S/C13H9N3S2/c1-7-2-4-14-13-11(7)15-12(16-13)10-6-9-8(18-10)3-5-17-9/h2-6H,1H3,(H,14,15,16). The molecule has 4 rings (SSSR count). The van der Waals surface area contributed by atoms with Crippen molar-refractivity contribution in [2.45, 2.75) is 6.92 Å². The minimum absolute atomic E-state index is 0.793. The van der Waals surface area contributed by atoms with Crippen molar-refractivity contribution in [3.8, 4) is 10.7 Å². The SMILES string of the molecule is Cc1ccnc2nc(-c3cc4sccc4s3)[nH]c12. The van der Waals surface area contributed by atoms with E-state index in [0.29, 0.717) is 0 Å². The van der Waals surface area contributed by atoms with Crippen LogP contribution in [0.25, 0.3) is 31.3 Å². The van der Waals surface area contributed by atoms with Crippen LogP contribution in [0.1, 0.15) is 5.56 Å². The fraction of sp³-hybridized carbons (Fsp3) is 0.0769. The molecule has 0 aromatic carbocycles. The Hall–Kier alpha value is -1.72. The van der Waals surface area contributed by atoms with E-state index in [0.717, 1.165) is 17.0 Å². The van der Waals surface area contributed by atoms with Gasteiger partial charge in [-0.3, -0.25) is 0 Å². The molecule has 0 saturated carbocycles. The first kappa shape index (κ1) is 10.2. The van der Waals surface area contributed by atoms with E-state index >= 15 is 0 Å². The third kappa shape index (κ3) is 1.41. The van der Waals surface area contributed by atoms with Gasteiger partial charge in [0.1, 0.15) is 0 Å². The largest absolute Gasteiger partial charge is 0.336 e. The number of H-pyrrole nitrogens is 1. The zero-order valence-corrected chi connectivity index (χ0v) is 11.2. The molecule has 18 heavy (non-hydrogen) atoms. The lowest BCUT2D eigenvalue weighted by molar-refractivity contribution is 1.31. The van der Waals surface area contributed by atoms with Crippen LogP contribution in [0.15, 0.2) is 29.8 Å². The topological polar surface area (TPSA) is 41.6 Å². The Morgan fingerprint density at radius 3 is 3.00 bits per heavy atom. The van der Waals surface area contributed by atoms with Gasteiger partial charge < -0.3 is 4.98 Å². The lowest BCUT2D eigenvalue weighted by atomic mass is 10.3. The van der Waals surface area contributed by atoms with Crippen LogP contribution in [0.3, 0.4) is 0 Å². The summed E-state index contributed by atoms with van der Waals surface area (Å²) in [6.07, 6.45) is 1.80. The molecular formula is C13H9N3S2. The average Bonchev–Trinajstić information content (AvgIpc) is 3.01. The van der Waals surface area contributed by atoms with Gasteiger partial charge in [0.2, 0.25) is 0 Å². The molecule has 0 amide bonds. The zero-order valence-electron chi connectivity index (χ0n) is 9.60. The van der Waals surface area contributed by atoms with Crippen LogP contribution < -0.4 is 0 Å². The minimum Gasteiger partial charge on any atom is -0.336 e. The van der Waals surface area contributed by atoms with Crippen molar-refractivity contribution in [2.75, 3.05) is 0 Å². The molecule has 0 spiro atoms. The van der Waals surface area contributed by atoms with Crippen LogP contribution in [0.2, 0.25) is 0 Å². The Morgan fingerprint density at radius 1 is 1.22 bits per heavy atom. The first-order chi connectivity index (χ1) is 8.81. The molecule has 0 unspecified atom stereocenters. The smallest absolute Gasteiger partial charge is 0.178 e. The predicted molar refractivity (Wildman–Crippen MR) is 77.3 cm³/mol. The van der Waals surface area contributed by atoms with Gasteiger partial charge in [0, 0.05) is 15.6 Å². The minimum atomic E-state index is 0.793. The molecule has 4 aromatic rings. The van der Waals surface area contributed by atoms with Crippen LogP contribution in [0.4, 0.5) is 0 Å². The quantitative estimate of drug-likeness (QED) is 0.563. The summed E-state index contributed by atoms with van der Waals surface area (Å²) in [6.45, 7) is 2.07. The van der Waals surface area contributed by atoms with Gasteiger partial charge in [-0.2, -0.15) is 0 Å². The third-order valence-corrected chi connectivity index (χ3v) is 5.07. The average molecular weight is 271 g/mol. The molecule has 4 aromatic heterocycles. The molecule has 0 aliphatic carbocycles. The van der Waals surface area contributed by atoms with Crippen molar-refractivity contribution in [3.05, 3.63) is 35.3 Å². The summed E-state index contributed by atoms with van der Waals surface area (Å²) in [5.74, 6) is 0.917. The lowest BCUT2D eigenvalue weighted by Crippen LogP contribution is -1.78. The van der Waals surface area contributed by atoms with Crippen LogP contribution in [0.5, 0.6) is 0 Å². The Balaban J connectivity index is 1.96. The molecule has 0 fully saturated rings. The molecule has 88 valence electrons. The fourth-order valence-electron chi connectivity index (χ4n) is 2.03. The summed E-state index contributed by atoms with van der Waals surface area (Å²) < 4.78 is 2.64. The van der Waals surface area contributed by atoms with Crippen LogP contribution >= 0.6 is 22.7 Å². The molecular weight excluding hydrogens is 262 g/mol. The first-order valence-corrected chi connectivity index (χ1v) is 7.29. The van der Waals surface area contributed by atoms with Crippen LogP contribution in [-0.2, 0) is 0 Å². The summed E-state index contributed by atoms with van der Waals surface area (Å²) in [7, 11) is 0. The van der Waals surface area contributed by atoms with Gasteiger partial charge in [0.05, 0.1) is 10.4 Å². The number of rotatable bonds is 1. The third-order valence-electron chi connectivity index (χ3n) is 2.97. The van der Waals surface area contributed by atoms with Crippen molar-refractivity contribution in [2.24, 2.45) is 0 Å². The van der Waals surface area contributed by atoms with Crippen LogP contribution in [0, 0.1) is 6.92 Å². The van der Waals surface area contributed by atoms with E-state index in [1.165, 1.54) is 19.8 Å². The maximum Gasteiger partial charge on any atom is 0.178 e. The predicted octanol–water partition coefficient (Wildman–Crippen LogP) is 4.21. The molecule has 0 bridgehead atoms. The van der Waals surface area contributed by atoms with E-state index in [-0.39, 0.29) is 0 Å². The summed E-state index contributed by atoms with van der Waals surface area (Å²) >= 11 is 3.53. The van der Waals surface area contributed by atoms with Crippen molar-refractivity contribution >= 4 is 43.2 Å². The Kier molecular flexibility index (Phi) is 2.06. The van der Waals surface area contributed by atoms with Crippen molar-refractivity contribution < 1.29 is 0 Å². The highest BCUT2D eigenvalue weighted by molar-refractivity contribution is 7.28. The molecule has 0 aliphatic heterocycles. The number of hydrogen-bond donors (Lipinski definition) is 1. The number of hydrogen-bond acceptors (Lipinski definition) is 4. The summed E-state index contributed by atoms with van der Waals surface area (Å²) in [6, 6.07) is 6.34. The Bertz CT molecular complexity index is 825. The highest BCUT2D eigenvalue weighted by Gasteiger charge is 2.11. The normalized spacial score (nSPS) is 11.6. The van der Waals surface area contributed by atoms with E-state index < -0.39 is 0 Å². The molecule has 0 radical (unpaired) electrons. The van der Waals surface area contributed by atoms with Gasteiger partial charge in [-0.25, -0.2) is 9.97 Å². The second-order valence-electron chi connectivity index (χ2n) is 4.17. The number of nitrogens with zero attached hydrogens (tertiary/aromatic N) is 2. The second-order valence-corrected chi connectivity index (χ2v) is 6.20. The molecule has 4 heterocycles. The molecule has 0 aliphatic rings. The zero-order chi connectivity index (χ0) is 12.1. The summed E-state index contributed by atoms with van der Waals surface area (Å²) in [4.78, 5) is 13.4. The lowest BCUT2D eigenvalue weighted by Gasteiger charge is -1.90. The maximum absolute atomic E-state index is 4.57. The maximum atomic E-state index is 4.57. The molecule has 0 saturated heterocycles. The number of aromatic amines is 1. The number of thiophene rings is 2. The number of pyridine rings is 1. The van der Waals surface area contributed by atoms with Crippen LogP contribution in [-0.4, -0.2) is 15.0 Å². The number of aryl methyl sites for hydroxylation is 1. The van der Waals surface area contributed by atoms with Gasteiger partial charge in [-0.1, -0.05) is 0 Å². The summed E-state index contributed by atoms with van der Waals surface area (Å²) in [5.41, 5.74) is 3.00. The molecule has 5 heteroatoms. The molecule has 1 N–H and O–H groups in total. The van der Waals surface area contributed by atoms with Crippen molar-refractivity contribution in [1.29, 1.82) is 0 Å². The van der Waals surface area contributed by atoms with Gasteiger partial charge in [0.15, 0.2) is 11.5 Å². The van der Waals surface area contributed by atoms with E-state index in [9.17, 15) is 0 Å². The van der Waals surface area contributed by atoms with E-state index in [4.69, 9.17) is 0 Å². The highest BCUT2D eigenvalue weighted by Crippen LogP contribution is 2.35. The van der Waals surface area contributed by atoms with Gasteiger partial charge in [-0.05, 0) is 36.1 Å². The fourth-order valence-corrected chi connectivity index (χ4v) is 4.09. The van der Waals surface area contributed by atoms with Gasteiger partial charge in [-0.15, -0.1) is 22.7 Å². The number of imidazole rings is 1. The molecule has 3 nitrogen and oxygen atoms in total.